The summed E-state index contributed by atoms with van der Waals surface area (Å²) >= 11 is 0. The highest BCUT2D eigenvalue weighted by Gasteiger charge is 2.20. The first-order valence-corrected chi connectivity index (χ1v) is 4.88. The van der Waals surface area contributed by atoms with Gasteiger partial charge in [0.2, 0.25) is 0 Å². The van der Waals surface area contributed by atoms with Crippen LogP contribution in [0.4, 0.5) is 0 Å². The van der Waals surface area contributed by atoms with Gasteiger partial charge >= 0.3 is 0 Å². The third-order valence-corrected chi connectivity index (χ3v) is 2.93. The maximum atomic E-state index is 2.37. The van der Waals surface area contributed by atoms with Crippen LogP contribution >= 0.6 is 0 Å². The molecular formula is C11H24. The van der Waals surface area contributed by atoms with Crippen LogP contribution in [0.15, 0.2) is 0 Å². The van der Waals surface area contributed by atoms with Gasteiger partial charge in [0.1, 0.15) is 0 Å². The van der Waals surface area contributed by atoms with Crippen molar-refractivity contribution in [3.05, 3.63) is 0 Å². The second kappa shape index (κ2) is 4.13. The summed E-state index contributed by atoms with van der Waals surface area (Å²) in [5.74, 6) is 1.74. The van der Waals surface area contributed by atoms with E-state index in [0.29, 0.717) is 5.41 Å². The Morgan fingerprint density at radius 1 is 1.09 bits per heavy atom. The Kier molecular flexibility index (Phi) is 4.13. The maximum absolute atomic E-state index is 2.37. The van der Waals surface area contributed by atoms with Gasteiger partial charge in [0.05, 0.1) is 0 Å². The lowest BCUT2D eigenvalue weighted by atomic mass is 9.77. The summed E-state index contributed by atoms with van der Waals surface area (Å²) in [4.78, 5) is 0. The molecule has 0 aromatic rings. The Labute approximate surface area is 72.4 Å². The van der Waals surface area contributed by atoms with Crippen LogP contribution in [-0.4, -0.2) is 0 Å². The molecule has 0 heterocycles. The van der Waals surface area contributed by atoms with Crippen LogP contribution < -0.4 is 0 Å². The molecule has 0 heteroatoms. The number of rotatable bonds is 3. The van der Waals surface area contributed by atoms with Crippen molar-refractivity contribution < 1.29 is 0 Å². The largest absolute Gasteiger partial charge is 0.0651 e. The van der Waals surface area contributed by atoms with E-state index in [4.69, 9.17) is 0 Å². The Morgan fingerprint density at radius 3 is 1.82 bits per heavy atom. The van der Waals surface area contributed by atoms with E-state index in [0.717, 1.165) is 11.8 Å². The molecule has 68 valence electrons. The molecule has 2 atom stereocenters. The van der Waals surface area contributed by atoms with Crippen LogP contribution in [0.5, 0.6) is 0 Å². The van der Waals surface area contributed by atoms with Crippen molar-refractivity contribution in [3.8, 4) is 0 Å². The first-order valence-electron chi connectivity index (χ1n) is 4.88. The summed E-state index contributed by atoms with van der Waals surface area (Å²) in [6.45, 7) is 14.0. The summed E-state index contributed by atoms with van der Waals surface area (Å²) in [5, 5.41) is 0. The normalized spacial score (nSPS) is 18.0. The molecule has 2 unspecified atom stereocenters. The second-order valence-electron chi connectivity index (χ2n) is 5.02. The zero-order valence-corrected chi connectivity index (χ0v) is 9.07. The third-order valence-electron chi connectivity index (χ3n) is 2.93. The fraction of sp³-hybridized carbons (Fsp3) is 1.00. The zero-order valence-electron chi connectivity index (χ0n) is 9.07. The van der Waals surface area contributed by atoms with Crippen molar-refractivity contribution in [2.45, 2.75) is 54.4 Å². The van der Waals surface area contributed by atoms with E-state index in [2.05, 4.69) is 41.5 Å². The standard InChI is InChI=1S/C11H24/c1-7-9(2)8-10(3)11(4,5)6/h9-10H,7-8H2,1-6H3. The van der Waals surface area contributed by atoms with Crippen molar-refractivity contribution in [1.29, 1.82) is 0 Å². The van der Waals surface area contributed by atoms with Crippen molar-refractivity contribution in [2.24, 2.45) is 17.3 Å². The molecule has 0 nitrogen and oxygen atoms in total. The van der Waals surface area contributed by atoms with Gasteiger partial charge in [-0.15, -0.1) is 0 Å². The van der Waals surface area contributed by atoms with Gasteiger partial charge in [-0.05, 0) is 23.7 Å². The van der Waals surface area contributed by atoms with Crippen LogP contribution in [-0.2, 0) is 0 Å². The molecule has 0 aromatic carbocycles. The van der Waals surface area contributed by atoms with E-state index in [1.807, 2.05) is 0 Å². The Hall–Kier alpha value is 0. The quantitative estimate of drug-likeness (QED) is 0.577. The van der Waals surface area contributed by atoms with E-state index in [9.17, 15) is 0 Å². The predicted octanol–water partition coefficient (Wildman–Crippen LogP) is 4.10. The van der Waals surface area contributed by atoms with E-state index < -0.39 is 0 Å². The molecule has 0 aliphatic carbocycles. The van der Waals surface area contributed by atoms with Crippen LogP contribution in [0, 0.1) is 17.3 Å². The third kappa shape index (κ3) is 4.44. The highest BCUT2D eigenvalue weighted by molar-refractivity contribution is 4.71. The zero-order chi connectivity index (χ0) is 9.07. The molecule has 0 spiro atoms. The lowest BCUT2D eigenvalue weighted by Gasteiger charge is -2.29. The Bertz CT molecular complexity index is 97.1. The van der Waals surface area contributed by atoms with Crippen molar-refractivity contribution in [2.75, 3.05) is 0 Å². The lowest BCUT2D eigenvalue weighted by molar-refractivity contribution is 0.217. The van der Waals surface area contributed by atoms with Gasteiger partial charge in [-0.3, -0.25) is 0 Å². The minimum Gasteiger partial charge on any atom is -0.0651 e. The van der Waals surface area contributed by atoms with E-state index in [1.54, 1.807) is 0 Å². The molecule has 0 aliphatic heterocycles. The molecule has 0 saturated carbocycles. The smallest absolute Gasteiger partial charge is 0.0357 e. The number of hydrogen-bond donors (Lipinski definition) is 0. The summed E-state index contributed by atoms with van der Waals surface area (Å²) in [7, 11) is 0. The molecule has 0 amide bonds. The molecule has 0 fully saturated rings. The highest BCUT2D eigenvalue weighted by atomic mass is 14.3. The minimum absolute atomic E-state index is 0.490. The molecule has 0 rings (SSSR count). The first-order chi connectivity index (χ1) is 4.88. The maximum Gasteiger partial charge on any atom is -0.0357 e. The van der Waals surface area contributed by atoms with Crippen LogP contribution in [0.1, 0.15) is 54.4 Å². The van der Waals surface area contributed by atoms with Gasteiger partial charge in [-0.25, -0.2) is 0 Å². The van der Waals surface area contributed by atoms with Gasteiger partial charge < -0.3 is 0 Å². The monoisotopic (exact) mass is 156 g/mol. The summed E-state index contributed by atoms with van der Waals surface area (Å²) in [5.41, 5.74) is 0.490. The van der Waals surface area contributed by atoms with Crippen LogP contribution in [0.2, 0.25) is 0 Å². The molecule has 0 aromatic heterocycles. The average molecular weight is 156 g/mol. The van der Waals surface area contributed by atoms with Crippen molar-refractivity contribution in [1.82, 2.24) is 0 Å². The fourth-order valence-corrected chi connectivity index (χ4v) is 1.12. The molecule has 0 saturated heterocycles. The van der Waals surface area contributed by atoms with Crippen LogP contribution in [0.3, 0.4) is 0 Å². The molecular weight excluding hydrogens is 132 g/mol. The van der Waals surface area contributed by atoms with Crippen molar-refractivity contribution in [3.63, 3.8) is 0 Å². The minimum atomic E-state index is 0.490. The molecule has 0 bridgehead atoms. The van der Waals surface area contributed by atoms with Gasteiger partial charge in [-0.2, -0.15) is 0 Å². The Morgan fingerprint density at radius 2 is 1.55 bits per heavy atom. The average Bonchev–Trinajstić information content (AvgIpc) is 1.85. The lowest BCUT2D eigenvalue weighted by Crippen LogP contribution is -2.19. The van der Waals surface area contributed by atoms with Gasteiger partial charge in [-0.1, -0.05) is 48.0 Å². The van der Waals surface area contributed by atoms with E-state index >= 15 is 0 Å². The molecule has 0 N–H and O–H groups in total. The van der Waals surface area contributed by atoms with Gasteiger partial charge in [0.15, 0.2) is 0 Å². The highest BCUT2D eigenvalue weighted by Crippen LogP contribution is 2.31. The summed E-state index contributed by atoms with van der Waals surface area (Å²) < 4.78 is 0. The van der Waals surface area contributed by atoms with Crippen molar-refractivity contribution >= 4 is 0 Å². The first kappa shape index (κ1) is 11.0. The number of hydrogen-bond acceptors (Lipinski definition) is 0. The molecule has 0 aliphatic rings. The SMILES string of the molecule is CCC(C)CC(C)C(C)(C)C. The molecule has 0 radical (unpaired) electrons. The van der Waals surface area contributed by atoms with E-state index in [-0.39, 0.29) is 0 Å². The Balaban J connectivity index is 3.77. The van der Waals surface area contributed by atoms with E-state index in [1.165, 1.54) is 12.8 Å². The van der Waals surface area contributed by atoms with Crippen LogP contribution in [0.25, 0.3) is 0 Å². The predicted molar refractivity (Wildman–Crippen MR) is 52.7 cm³/mol. The summed E-state index contributed by atoms with van der Waals surface area (Å²) in [6.07, 6.45) is 2.69. The second-order valence-corrected chi connectivity index (χ2v) is 5.02. The van der Waals surface area contributed by atoms with Gasteiger partial charge in [0, 0.05) is 0 Å². The fourth-order valence-electron chi connectivity index (χ4n) is 1.12. The van der Waals surface area contributed by atoms with Gasteiger partial charge in [0.25, 0.3) is 0 Å². The molecule has 11 heavy (non-hydrogen) atoms. The topological polar surface area (TPSA) is 0 Å². The summed E-state index contributed by atoms with van der Waals surface area (Å²) in [6, 6.07) is 0.